The Hall–Kier alpha value is -2.38. The Balaban J connectivity index is 2.01. The molecule has 0 aliphatic rings. The zero-order chi connectivity index (χ0) is 14.8. The summed E-state index contributed by atoms with van der Waals surface area (Å²) in [5.41, 5.74) is 2.46. The molecule has 0 saturated carbocycles. The Kier molecular flexibility index (Phi) is 3.59. The maximum Gasteiger partial charge on any atom is 0.241 e. The molecular formula is C14H14N4O2S. The zero-order valence-corrected chi connectivity index (χ0v) is 12.4. The van der Waals surface area contributed by atoms with Crippen LogP contribution >= 0.6 is 11.3 Å². The third kappa shape index (κ3) is 2.74. The maximum absolute atomic E-state index is 5.85. The molecular weight excluding hydrogens is 288 g/mol. The number of thiophene rings is 1. The second-order valence-corrected chi connectivity index (χ2v) is 5.58. The molecule has 0 spiro atoms. The number of hydrazine groups is 1. The van der Waals surface area contributed by atoms with Gasteiger partial charge in [-0.2, -0.15) is 4.98 Å². The Bertz CT molecular complexity index is 770. The van der Waals surface area contributed by atoms with Crippen LogP contribution in [0.25, 0.3) is 10.2 Å². The average Bonchev–Trinajstić information content (AvgIpc) is 2.88. The lowest BCUT2D eigenvalue weighted by molar-refractivity contribution is 0.412. The van der Waals surface area contributed by atoms with Crippen LogP contribution in [0.2, 0.25) is 0 Å². The summed E-state index contributed by atoms with van der Waals surface area (Å²) in [6.07, 6.45) is 0. The van der Waals surface area contributed by atoms with Crippen molar-refractivity contribution in [3.63, 3.8) is 0 Å². The number of ether oxygens (including phenoxy) is 2. The van der Waals surface area contributed by atoms with E-state index in [2.05, 4.69) is 15.4 Å². The second-order valence-electron chi connectivity index (χ2n) is 4.35. The van der Waals surface area contributed by atoms with Crippen molar-refractivity contribution in [1.82, 2.24) is 9.97 Å². The van der Waals surface area contributed by atoms with Crippen LogP contribution in [0.5, 0.6) is 17.4 Å². The Morgan fingerprint density at radius 2 is 1.86 bits per heavy atom. The fraction of sp³-hybridized carbons (Fsp3) is 0.143. The van der Waals surface area contributed by atoms with E-state index in [1.165, 1.54) is 0 Å². The summed E-state index contributed by atoms with van der Waals surface area (Å²) in [6.45, 7) is 2.01. The summed E-state index contributed by atoms with van der Waals surface area (Å²) in [7, 11) is 1.62. The highest BCUT2D eigenvalue weighted by Gasteiger charge is 2.12. The number of methoxy groups -OCH3 is 1. The molecule has 0 bridgehead atoms. The van der Waals surface area contributed by atoms with E-state index in [4.69, 9.17) is 15.3 Å². The minimum Gasteiger partial charge on any atom is -0.497 e. The highest BCUT2D eigenvalue weighted by atomic mass is 32.1. The normalized spacial score (nSPS) is 10.6. The van der Waals surface area contributed by atoms with Gasteiger partial charge in [0.25, 0.3) is 0 Å². The van der Waals surface area contributed by atoms with E-state index in [1.807, 2.05) is 37.3 Å². The van der Waals surface area contributed by atoms with Crippen LogP contribution < -0.4 is 20.7 Å². The fourth-order valence-corrected chi connectivity index (χ4v) is 2.78. The Labute approximate surface area is 125 Å². The quantitative estimate of drug-likeness (QED) is 0.569. The monoisotopic (exact) mass is 302 g/mol. The molecule has 6 nitrogen and oxygen atoms in total. The minimum atomic E-state index is 0.327. The van der Waals surface area contributed by atoms with Gasteiger partial charge in [-0.3, -0.25) is 5.43 Å². The van der Waals surface area contributed by atoms with E-state index in [1.54, 1.807) is 18.4 Å². The molecule has 0 fully saturated rings. The molecule has 3 N–H and O–H groups in total. The summed E-state index contributed by atoms with van der Waals surface area (Å²) in [4.78, 5) is 10.6. The molecule has 3 rings (SSSR count). The van der Waals surface area contributed by atoms with Crippen molar-refractivity contribution in [2.24, 2.45) is 5.84 Å². The molecule has 0 unspecified atom stereocenters. The summed E-state index contributed by atoms with van der Waals surface area (Å²) in [5.74, 6) is 7.65. The molecule has 0 saturated heterocycles. The number of nitrogens with two attached hydrogens (primary N) is 1. The van der Waals surface area contributed by atoms with Crippen LogP contribution in [0.3, 0.4) is 0 Å². The van der Waals surface area contributed by atoms with Crippen LogP contribution in [0.15, 0.2) is 30.3 Å². The van der Waals surface area contributed by atoms with Crippen LogP contribution in [-0.4, -0.2) is 17.1 Å². The third-order valence-corrected chi connectivity index (χ3v) is 3.83. The molecule has 3 aromatic rings. The lowest BCUT2D eigenvalue weighted by atomic mass is 10.3. The summed E-state index contributed by atoms with van der Waals surface area (Å²) >= 11 is 1.57. The lowest BCUT2D eigenvalue weighted by Crippen LogP contribution is -2.10. The number of nitrogens with one attached hydrogen (secondary N) is 1. The molecule has 2 aromatic heterocycles. The molecule has 0 aliphatic heterocycles. The van der Waals surface area contributed by atoms with Gasteiger partial charge in [0.15, 0.2) is 0 Å². The molecule has 0 radical (unpaired) electrons. The SMILES string of the molecule is COc1ccc(Oc2nc(NN)nc3sc(C)cc23)cc1. The number of aryl methyl sites for hydroxylation is 1. The van der Waals surface area contributed by atoms with Gasteiger partial charge in [-0.1, -0.05) is 0 Å². The first-order valence-electron chi connectivity index (χ1n) is 6.26. The minimum absolute atomic E-state index is 0.327. The van der Waals surface area contributed by atoms with Crippen molar-refractivity contribution >= 4 is 27.5 Å². The maximum atomic E-state index is 5.85. The molecule has 108 valence electrons. The molecule has 0 atom stereocenters. The van der Waals surface area contributed by atoms with Crippen LogP contribution in [0.4, 0.5) is 5.95 Å². The molecule has 0 amide bonds. The van der Waals surface area contributed by atoms with E-state index in [0.29, 0.717) is 17.6 Å². The van der Waals surface area contributed by atoms with E-state index < -0.39 is 0 Å². The van der Waals surface area contributed by atoms with E-state index in [-0.39, 0.29) is 0 Å². The van der Waals surface area contributed by atoms with E-state index in [0.717, 1.165) is 20.8 Å². The van der Waals surface area contributed by atoms with Gasteiger partial charge in [-0.25, -0.2) is 10.8 Å². The van der Waals surface area contributed by atoms with Crippen LogP contribution in [0, 0.1) is 6.92 Å². The van der Waals surface area contributed by atoms with Crippen molar-refractivity contribution < 1.29 is 9.47 Å². The first-order valence-corrected chi connectivity index (χ1v) is 7.08. The molecule has 21 heavy (non-hydrogen) atoms. The number of benzene rings is 1. The van der Waals surface area contributed by atoms with Crippen molar-refractivity contribution in [2.45, 2.75) is 6.92 Å². The van der Waals surface area contributed by atoms with Gasteiger partial charge >= 0.3 is 0 Å². The predicted molar refractivity (Wildman–Crippen MR) is 83.0 cm³/mol. The van der Waals surface area contributed by atoms with Crippen molar-refractivity contribution in [2.75, 3.05) is 12.5 Å². The molecule has 1 aromatic carbocycles. The van der Waals surface area contributed by atoms with Crippen molar-refractivity contribution in [3.8, 4) is 17.4 Å². The number of hydrogen-bond donors (Lipinski definition) is 2. The van der Waals surface area contributed by atoms with Gasteiger partial charge in [-0.15, -0.1) is 11.3 Å². The van der Waals surface area contributed by atoms with E-state index >= 15 is 0 Å². The largest absolute Gasteiger partial charge is 0.497 e. The van der Waals surface area contributed by atoms with Gasteiger partial charge in [0.05, 0.1) is 12.5 Å². The van der Waals surface area contributed by atoms with Crippen LogP contribution in [-0.2, 0) is 0 Å². The molecule has 7 heteroatoms. The van der Waals surface area contributed by atoms with Gasteiger partial charge in [0.1, 0.15) is 16.3 Å². The molecule has 0 aliphatic carbocycles. The zero-order valence-electron chi connectivity index (χ0n) is 11.6. The van der Waals surface area contributed by atoms with Crippen molar-refractivity contribution in [1.29, 1.82) is 0 Å². The number of aromatic nitrogens is 2. The number of fused-ring (bicyclic) bond motifs is 1. The van der Waals surface area contributed by atoms with Gasteiger partial charge < -0.3 is 9.47 Å². The summed E-state index contributed by atoms with van der Waals surface area (Å²) < 4.78 is 11.0. The number of rotatable bonds is 4. The summed E-state index contributed by atoms with van der Waals surface area (Å²) in [6, 6.07) is 9.30. The van der Waals surface area contributed by atoms with Gasteiger partial charge in [-0.05, 0) is 37.3 Å². The first-order chi connectivity index (χ1) is 10.2. The van der Waals surface area contributed by atoms with Gasteiger partial charge in [0, 0.05) is 4.88 Å². The number of anilines is 1. The number of hydrogen-bond acceptors (Lipinski definition) is 7. The van der Waals surface area contributed by atoms with Crippen molar-refractivity contribution in [3.05, 3.63) is 35.2 Å². The number of nitrogen functional groups attached to an aromatic ring is 1. The number of nitrogens with zero attached hydrogens (tertiary/aromatic N) is 2. The third-order valence-electron chi connectivity index (χ3n) is 2.88. The Morgan fingerprint density at radius 3 is 2.52 bits per heavy atom. The topological polar surface area (TPSA) is 82.3 Å². The standard InChI is InChI=1S/C14H14N4O2S/c1-8-7-11-12(16-14(18-15)17-13(11)21-8)20-10-5-3-9(19-2)4-6-10/h3-7H,15H2,1-2H3,(H,16,17,18). The first kappa shape index (κ1) is 13.6. The molecule has 2 heterocycles. The predicted octanol–water partition coefficient (Wildman–Crippen LogP) is 3.09. The van der Waals surface area contributed by atoms with Crippen LogP contribution in [0.1, 0.15) is 4.88 Å². The smallest absolute Gasteiger partial charge is 0.241 e. The summed E-state index contributed by atoms with van der Waals surface area (Å²) in [5, 5.41) is 0.868. The fourth-order valence-electron chi connectivity index (χ4n) is 1.91. The second kappa shape index (κ2) is 5.55. The highest BCUT2D eigenvalue weighted by Crippen LogP contribution is 2.33. The van der Waals surface area contributed by atoms with Gasteiger partial charge in [0.2, 0.25) is 11.8 Å². The highest BCUT2D eigenvalue weighted by molar-refractivity contribution is 7.18. The Morgan fingerprint density at radius 1 is 1.14 bits per heavy atom. The van der Waals surface area contributed by atoms with E-state index in [9.17, 15) is 0 Å². The lowest BCUT2D eigenvalue weighted by Gasteiger charge is -2.08. The average molecular weight is 302 g/mol.